The Bertz CT molecular complexity index is 363. The smallest absolute Gasteiger partial charge is 0.177 e. The first-order valence-corrected chi connectivity index (χ1v) is 7.40. The van der Waals surface area contributed by atoms with Crippen molar-refractivity contribution in [3.05, 3.63) is 5.82 Å². The number of nitrogens with one attached hydrogen (secondary N) is 1. The van der Waals surface area contributed by atoms with Gasteiger partial charge in [0.2, 0.25) is 0 Å². The van der Waals surface area contributed by atoms with Crippen LogP contribution < -0.4 is 5.32 Å². The van der Waals surface area contributed by atoms with Crippen LogP contribution in [-0.2, 0) is 6.54 Å². The second-order valence-electron chi connectivity index (χ2n) is 5.73. The molecule has 0 bridgehead atoms. The van der Waals surface area contributed by atoms with E-state index in [0.29, 0.717) is 5.92 Å². The molecule has 2 aliphatic rings. The number of nitrogens with zero attached hydrogens (tertiary/aromatic N) is 4. The maximum Gasteiger partial charge on any atom is 0.177 e. The fraction of sp³-hybridized carbons (Fsp3) is 0.923. The molecule has 1 saturated heterocycles. The van der Waals surface area contributed by atoms with Gasteiger partial charge in [0.05, 0.1) is 6.54 Å². The molecule has 0 radical (unpaired) electrons. The Labute approximate surface area is 108 Å². The minimum absolute atomic E-state index is 0.520. The molecular weight excluding hydrogens is 226 g/mol. The Hall–Kier alpha value is -0.970. The summed E-state index contributed by atoms with van der Waals surface area (Å²) in [6, 6.07) is 0. The molecule has 0 unspecified atom stereocenters. The topological polar surface area (TPSA) is 55.6 Å². The molecular formula is C13H23N5. The molecule has 100 valence electrons. The zero-order chi connectivity index (χ0) is 12.2. The number of aromatic nitrogens is 4. The summed E-state index contributed by atoms with van der Waals surface area (Å²) in [5, 5.41) is 16.5. The highest BCUT2D eigenvalue weighted by Crippen LogP contribution is 2.25. The monoisotopic (exact) mass is 249 g/mol. The Morgan fingerprint density at radius 3 is 2.61 bits per heavy atom. The van der Waals surface area contributed by atoms with Crippen molar-refractivity contribution >= 4 is 0 Å². The minimum atomic E-state index is 0.520. The van der Waals surface area contributed by atoms with Crippen molar-refractivity contribution in [3.8, 4) is 0 Å². The van der Waals surface area contributed by atoms with Gasteiger partial charge in [-0.1, -0.05) is 19.3 Å². The number of tetrazole rings is 1. The predicted molar refractivity (Wildman–Crippen MR) is 69.2 cm³/mol. The van der Waals surface area contributed by atoms with E-state index in [0.717, 1.165) is 44.2 Å². The van der Waals surface area contributed by atoms with Crippen LogP contribution in [0.4, 0.5) is 0 Å². The van der Waals surface area contributed by atoms with Gasteiger partial charge in [0.1, 0.15) is 0 Å². The lowest BCUT2D eigenvalue weighted by Crippen LogP contribution is -2.27. The van der Waals surface area contributed by atoms with Crippen LogP contribution >= 0.6 is 0 Å². The molecule has 1 aliphatic carbocycles. The first-order chi connectivity index (χ1) is 8.92. The van der Waals surface area contributed by atoms with Crippen LogP contribution in [0, 0.1) is 5.92 Å². The molecule has 3 rings (SSSR count). The molecule has 1 saturated carbocycles. The van der Waals surface area contributed by atoms with Crippen molar-refractivity contribution in [2.45, 2.75) is 57.4 Å². The lowest BCUT2D eigenvalue weighted by atomic mass is 9.89. The third kappa shape index (κ3) is 2.88. The lowest BCUT2D eigenvalue weighted by Gasteiger charge is -2.20. The fourth-order valence-electron chi connectivity index (χ4n) is 3.18. The van der Waals surface area contributed by atoms with Crippen LogP contribution in [0.1, 0.15) is 56.7 Å². The summed E-state index contributed by atoms with van der Waals surface area (Å²) in [4.78, 5) is 1.84. The zero-order valence-corrected chi connectivity index (χ0v) is 11.0. The fourth-order valence-corrected chi connectivity index (χ4v) is 3.18. The molecule has 2 fully saturated rings. The summed E-state index contributed by atoms with van der Waals surface area (Å²) >= 11 is 0. The van der Waals surface area contributed by atoms with E-state index < -0.39 is 0 Å². The number of rotatable bonds is 3. The van der Waals surface area contributed by atoms with Gasteiger partial charge in [-0.2, -0.15) is 4.80 Å². The Balaban J connectivity index is 1.58. The summed E-state index contributed by atoms with van der Waals surface area (Å²) < 4.78 is 0. The molecule has 0 amide bonds. The summed E-state index contributed by atoms with van der Waals surface area (Å²) in [5.41, 5.74) is 0. The van der Waals surface area contributed by atoms with Crippen molar-refractivity contribution < 1.29 is 0 Å². The molecule has 5 heteroatoms. The molecule has 18 heavy (non-hydrogen) atoms. The van der Waals surface area contributed by atoms with Gasteiger partial charge in [-0.05, 0) is 49.9 Å². The maximum atomic E-state index is 4.59. The third-order valence-corrected chi connectivity index (χ3v) is 4.32. The van der Waals surface area contributed by atoms with Crippen LogP contribution in [0.15, 0.2) is 0 Å². The Morgan fingerprint density at radius 1 is 1.06 bits per heavy atom. The highest BCUT2D eigenvalue weighted by molar-refractivity contribution is 4.93. The van der Waals surface area contributed by atoms with Crippen molar-refractivity contribution in [1.29, 1.82) is 0 Å². The average Bonchev–Trinajstić information content (AvgIpc) is 2.89. The van der Waals surface area contributed by atoms with E-state index in [9.17, 15) is 0 Å². The molecule has 1 N–H and O–H groups in total. The summed E-state index contributed by atoms with van der Waals surface area (Å²) in [5.74, 6) is 2.26. The van der Waals surface area contributed by atoms with Gasteiger partial charge in [0, 0.05) is 5.92 Å². The van der Waals surface area contributed by atoms with E-state index in [4.69, 9.17) is 0 Å². The largest absolute Gasteiger partial charge is 0.317 e. The van der Waals surface area contributed by atoms with Gasteiger partial charge in [0.15, 0.2) is 5.82 Å². The molecule has 2 heterocycles. The van der Waals surface area contributed by atoms with E-state index in [1.807, 2.05) is 4.80 Å². The van der Waals surface area contributed by atoms with Crippen molar-refractivity contribution in [1.82, 2.24) is 25.5 Å². The highest BCUT2D eigenvalue weighted by Gasteiger charge is 2.21. The number of piperidine rings is 1. The van der Waals surface area contributed by atoms with Gasteiger partial charge in [-0.3, -0.25) is 0 Å². The molecule has 1 aliphatic heterocycles. The van der Waals surface area contributed by atoms with Crippen molar-refractivity contribution in [2.24, 2.45) is 5.92 Å². The second kappa shape index (κ2) is 5.78. The summed E-state index contributed by atoms with van der Waals surface area (Å²) in [6.07, 6.45) is 9.13. The highest BCUT2D eigenvalue weighted by atomic mass is 15.6. The van der Waals surface area contributed by atoms with Crippen LogP contribution in [0.5, 0.6) is 0 Å². The van der Waals surface area contributed by atoms with Gasteiger partial charge < -0.3 is 5.32 Å². The molecule has 0 spiro atoms. The summed E-state index contributed by atoms with van der Waals surface area (Å²) in [6.45, 7) is 3.14. The van der Waals surface area contributed by atoms with Crippen LogP contribution in [0.2, 0.25) is 0 Å². The SMILES string of the molecule is C1CCC(Cn2nnc(C3CCNCC3)n2)CC1. The second-order valence-corrected chi connectivity index (χ2v) is 5.73. The Morgan fingerprint density at radius 2 is 1.83 bits per heavy atom. The van der Waals surface area contributed by atoms with E-state index >= 15 is 0 Å². The van der Waals surface area contributed by atoms with E-state index in [2.05, 4.69) is 20.7 Å². The van der Waals surface area contributed by atoms with E-state index in [1.165, 1.54) is 32.1 Å². The minimum Gasteiger partial charge on any atom is -0.317 e. The summed E-state index contributed by atoms with van der Waals surface area (Å²) in [7, 11) is 0. The third-order valence-electron chi connectivity index (χ3n) is 4.32. The van der Waals surface area contributed by atoms with Crippen LogP contribution in [0.25, 0.3) is 0 Å². The van der Waals surface area contributed by atoms with E-state index in [1.54, 1.807) is 0 Å². The molecule has 0 aromatic carbocycles. The van der Waals surface area contributed by atoms with Gasteiger partial charge in [0.25, 0.3) is 0 Å². The first-order valence-electron chi connectivity index (χ1n) is 7.40. The normalized spacial score (nSPS) is 23.3. The molecule has 0 atom stereocenters. The van der Waals surface area contributed by atoms with Crippen LogP contribution in [0.3, 0.4) is 0 Å². The molecule has 5 nitrogen and oxygen atoms in total. The number of hydrogen-bond acceptors (Lipinski definition) is 4. The quantitative estimate of drug-likeness (QED) is 0.886. The van der Waals surface area contributed by atoms with Crippen molar-refractivity contribution in [3.63, 3.8) is 0 Å². The molecule has 1 aromatic rings. The molecule has 1 aromatic heterocycles. The zero-order valence-electron chi connectivity index (χ0n) is 11.0. The van der Waals surface area contributed by atoms with Crippen LogP contribution in [-0.4, -0.2) is 33.3 Å². The lowest BCUT2D eigenvalue weighted by molar-refractivity contribution is 0.290. The van der Waals surface area contributed by atoms with E-state index in [-0.39, 0.29) is 0 Å². The van der Waals surface area contributed by atoms with Gasteiger partial charge in [-0.25, -0.2) is 0 Å². The predicted octanol–water partition coefficient (Wildman–Crippen LogP) is 1.72. The standard InChI is InChI=1S/C13H23N5/c1-2-4-11(5-3-1)10-18-16-13(15-17-18)12-6-8-14-9-7-12/h11-12,14H,1-10H2. The number of hydrogen-bond donors (Lipinski definition) is 1. The van der Waals surface area contributed by atoms with Crippen molar-refractivity contribution in [2.75, 3.05) is 13.1 Å². The Kier molecular flexibility index (Phi) is 3.88. The maximum absolute atomic E-state index is 4.59. The van der Waals surface area contributed by atoms with Gasteiger partial charge >= 0.3 is 0 Å². The van der Waals surface area contributed by atoms with Gasteiger partial charge in [-0.15, -0.1) is 10.2 Å². The first kappa shape index (κ1) is 12.1. The average molecular weight is 249 g/mol.